The number of Topliss-reactive ketones (excluding diaryl/α,β-unsaturated/α-hetero) is 1. The van der Waals surface area contributed by atoms with Gasteiger partial charge in [0.1, 0.15) is 11.6 Å². The molecular weight excluding hydrogens is 234 g/mol. The van der Waals surface area contributed by atoms with Crippen LogP contribution in [0.25, 0.3) is 0 Å². The van der Waals surface area contributed by atoms with Crippen LogP contribution in [0.5, 0.6) is 0 Å². The molecule has 0 aliphatic carbocycles. The van der Waals surface area contributed by atoms with Crippen molar-refractivity contribution < 1.29 is 13.6 Å². The minimum atomic E-state index is -0.868. The average Bonchev–Trinajstić information content (AvgIpc) is 2.21. The van der Waals surface area contributed by atoms with E-state index in [1.807, 2.05) is 0 Å². The van der Waals surface area contributed by atoms with Gasteiger partial charge in [-0.25, -0.2) is 8.78 Å². The molecule has 0 radical (unpaired) electrons. The zero-order valence-corrected chi connectivity index (χ0v) is 9.37. The number of carbonyl (C=O) groups is 1. The number of carbonyl (C=O) groups excluding carboxylic acids is 1. The highest BCUT2D eigenvalue weighted by molar-refractivity contribution is 6.18. The second-order valence-electron chi connectivity index (χ2n) is 3.11. The number of benzene rings is 1. The lowest BCUT2D eigenvalue weighted by Crippen LogP contribution is -2.00. The summed E-state index contributed by atoms with van der Waals surface area (Å²) >= 11 is 5.40. The van der Waals surface area contributed by atoms with Crippen molar-refractivity contribution >= 4 is 17.4 Å². The van der Waals surface area contributed by atoms with Gasteiger partial charge in [0, 0.05) is 18.4 Å². The van der Waals surface area contributed by atoms with Crippen molar-refractivity contribution in [3.8, 4) is 11.8 Å². The summed E-state index contributed by atoms with van der Waals surface area (Å²) in [4.78, 5) is 11.0. The highest BCUT2D eigenvalue weighted by Crippen LogP contribution is 2.14. The molecule has 0 aromatic heterocycles. The van der Waals surface area contributed by atoms with Gasteiger partial charge in [0.2, 0.25) is 0 Å². The maximum atomic E-state index is 13.2. The second kappa shape index (κ2) is 5.62. The molecule has 0 saturated carbocycles. The van der Waals surface area contributed by atoms with Gasteiger partial charge in [0.15, 0.2) is 5.78 Å². The van der Waals surface area contributed by atoms with E-state index in [-0.39, 0.29) is 11.1 Å². The minimum Gasteiger partial charge on any atom is -0.294 e. The van der Waals surface area contributed by atoms with E-state index in [4.69, 9.17) is 11.6 Å². The van der Waals surface area contributed by atoms with Crippen molar-refractivity contribution in [1.29, 1.82) is 0 Å². The molecule has 0 heterocycles. The van der Waals surface area contributed by atoms with E-state index in [0.29, 0.717) is 18.4 Å². The Morgan fingerprint density at radius 1 is 1.38 bits per heavy atom. The van der Waals surface area contributed by atoms with Gasteiger partial charge >= 0.3 is 0 Å². The van der Waals surface area contributed by atoms with Gasteiger partial charge < -0.3 is 0 Å². The predicted molar refractivity (Wildman–Crippen MR) is 58.6 cm³/mol. The van der Waals surface area contributed by atoms with Crippen molar-refractivity contribution in [3.63, 3.8) is 0 Å². The Kier molecular flexibility index (Phi) is 4.45. The van der Waals surface area contributed by atoms with Gasteiger partial charge in [-0.2, -0.15) is 0 Å². The Morgan fingerprint density at radius 3 is 2.62 bits per heavy atom. The van der Waals surface area contributed by atoms with E-state index >= 15 is 0 Å². The molecule has 1 rings (SSSR count). The van der Waals surface area contributed by atoms with Crippen LogP contribution in [0.3, 0.4) is 0 Å². The van der Waals surface area contributed by atoms with Crippen molar-refractivity contribution in [2.75, 3.05) is 5.88 Å². The Bertz CT molecular complexity index is 472. The highest BCUT2D eigenvalue weighted by atomic mass is 35.5. The number of alkyl halides is 1. The maximum Gasteiger partial charge on any atom is 0.162 e. The SMILES string of the molecule is CC(=O)c1cc(C#CCCCl)c(F)cc1F. The van der Waals surface area contributed by atoms with E-state index in [0.717, 1.165) is 6.07 Å². The molecule has 4 heteroatoms. The van der Waals surface area contributed by atoms with E-state index in [9.17, 15) is 13.6 Å². The standard InChI is InChI=1S/C12H9ClF2O/c1-8(16)10-6-9(4-2-3-5-13)11(14)7-12(10)15/h6-7H,3,5H2,1H3. The third-order valence-corrected chi connectivity index (χ3v) is 2.07. The van der Waals surface area contributed by atoms with Crippen LogP contribution in [0.4, 0.5) is 8.78 Å². The first-order chi connectivity index (χ1) is 7.56. The molecule has 1 aromatic carbocycles. The Hall–Kier alpha value is -1.40. The lowest BCUT2D eigenvalue weighted by atomic mass is 10.1. The normalized spacial score (nSPS) is 9.50. The molecule has 0 amide bonds. The van der Waals surface area contributed by atoms with Gasteiger partial charge in [-0.15, -0.1) is 11.6 Å². The Morgan fingerprint density at radius 2 is 2.06 bits per heavy atom. The molecule has 0 atom stereocenters. The van der Waals surface area contributed by atoms with Crippen LogP contribution < -0.4 is 0 Å². The molecule has 0 saturated heterocycles. The largest absolute Gasteiger partial charge is 0.294 e. The Labute approximate surface area is 97.4 Å². The number of hydrogen-bond acceptors (Lipinski definition) is 1. The van der Waals surface area contributed by atoms with E-state index < -0.39 is 17.4 Å². The van der Waals surface area contributed by atoms with Crippen LogP contribution in [0, 0.1) is 23.5 Å². The van der Waals surface area contributed by atoms with Crippen LogP contribution in [0.1, 0.15) is 29.3 Å². The van der Waals surface area contributed by atoms with Crippen LogP contribution in [-0.2, 0) is 0 Å². The monoisotopic (exact) mass is 242 g/mol. The molecule has 0 spiro atoms. The van der Waals surface area contributed by atoms with Crippen LogP contribution in [0.15, 0.2) is 12.1 Å². The summed E-state index contributed by atoms with van der Waals surface area (Å²) in [5.41, 5.74) is -0.145. The maximum absolute atomic E-state index is 13.2. The van der Waals surface area contributed by atoms with E-state index in [1.165, 1.54) is 6.92 Å². The second-order valence-corrected chi connectivity index (χ2v) is 3.49. The highest BCUT2D eigenvalue weighted by Gasteiger charge is 2.11. The number of halogens is 3. The summed E-state index contributed by atoms with van der Waals surface area (Å²) in [5, 5.41) is 0. The molecule has 0 aliphatic heterocycles. The molecule has 16 heavy (non-hydrogen) atoms. The molecular formula is C12H9ClF2O. The summed E-state index contributed by atoms with van der Waals surface area (Å²) in [5.74, 6) is 3.37. The zero-order chi connectivity index (χ0) is 12.1. The van der Waals surface area contributed by atoms with Crippen molar-refractivity contribution in [3.05, 3.63) is 34.9 Å². The average molecular weight is 243 g/mol. The number of ketones is 1. The smallest absolute Gasteiger partial charge is 0.162 e. The van der Waals surface area contributed by atoms with Gasteiger partial charge in [-0.1, -0.05) is 11.8 Å². The lowest BCUT2D eigenvalue weighted by molar-refractivity contribution is 0.101. The fourth-order valence-corrected chi connectivity index (χ4v) is 1.21. The summed E-state index contributed by atoms with van der Waals surface area (Å²) in [7, 11) is 0. The molecule has 84 valence electrons. The van der Waals surface area contributed by atoms with Crippen LogP contribution in [0.2, 0.25) is 0 Å². The van der Waals surface area contributed by atoms with E-state index in [1.54, 1.807) is 0 Å². The zero-order valence-electron chi connectivity index (χ0n) is 8.61. The molecule has 0 N–H and O–H groups in total. The predicted octanol–water partition coefficient (Wildman–Crippen LogP) is 3.15. The summed E-state index contributed by atoms with van der Waals surface area (Å²) < 4.78 is 26.4. The fourth-order valence-electron chi connectivity index (χ4n) is 1.12. The van der Waals surface area contributed by atoms with Gasteiger partial charge in [0.05, 0.1) is 11.1 Å². The molecule has 0 fully saturated rings. The van der Waals surface area contributed by atoms with Crippen molar-refractivity contribution in [2.45, 2.75) is 13.3 Å². The van der Waals surface area contributed by atoms with Crippen molar-refractivity contribution in [1.82, 2.24) is 0 Å². The first kappa shape index (κ1) is 12.7. The van der Waals surface area contributed by atoms with E-state index in [2.05, 4.69) is 11.8 Å². The first-order valence-corrected chi connectivity index (χ1v) is 5.14. The summed E-state index contributed by atoms with van der Waals surface area (Å²) in [6.45, 7) is 1.21. The minimum absolute atomic E-state index is 0.0108. The third-order valence-electron chi connectivity index (χ3n) is 1.88. The molecule has 1 nitrogen and oxygen atoms in total. The van der Waals surface area contributed by atoms with Gasteiger partial charge in [-0.3, -0.25) is 4.79 Å². The molecule has 0 bridgehead atoms. The number of hydrogen-bond donors (Lipinski definition) is 0. The lowest BCUT2D eigenvalue weighted by Gasteiger charge is -2.00. The Balaban J connectivity index is 3.16. The number of rotatable bonds is 2. The first-order valence-electron chi connectivity index (χ1n) is 4.61. The van der Waals surface area contributed by atoms with Gasteiger partial charge in [-0.05, 0) is 13.0 Å². The van der Waals surface area contributed by atoms with Gasteiger partial charge in [0.25, 0.3) is 0 Å². The summed E-state index contributed by atoms with van der Waals surface area (Å²) in [6.07, 6.45) is 0.410. The van der Waals surface area contributed by atoms with Crippen LogP contribution >= 0.6 is 11.6 Å². The third kappa shape index (κ3) is 3.04. The summed E-state index contributed by atoms with van der Waals surface area (Å²) in [6, 6.07) is 1.79. The molecule has 0 aliphatic rings. The quantitative estimate of drug-likeness (QED) is 0.442. The topological polar surface area (TPSA) is 17.1 Å². The molecule has 1 aromatic rings. The fraction of sp³-hybridized carbons (Fsp3) is 0.250. The molecule has 0 unspecified atom stereocenters. The van der Waals surface area contributed by atoms with Crippen molar-refractivity contribution in [2.24, 2.45) is 0 Å². The van der Waals surface area contributed by atoms with Crippen LogP contribution in [-0.4, -0.2) is 11.7 Å².